The van der Waals surface area contributed by atoms with Crippen molar-refractivity contribution in [2.45, 2.75) is 41.7 Å². The Morgan fingerprint density at radius 2 is 2.04 bits per heavy atom. The van der Waals surface area contributed by atoms with Gasteiger partial charge in [0.25, 0.3) is 5.56 Å². The zero-order valence-corrected chi connectivity index (χ0v) is 14.4. The standard InChI is InChI=1S/C14H20N4O7S/c15-6(1-2-8(16)19)13(23)25-5-7-10(21)11(22)12(26-7)18-4-3-9(20)17-14(18)24/h3-4,6-7,10-12,21-22H,1-2,5,15H2,(H2,16,19)(H,17,20,24)/t6-,7+,10?,11?,12+/m0/s1. The van der Waals surface area contributed by atoms with Gasteiger partial charge < -0.3 is 26.4 Å². The Balaban J connectivity index is 1.97. The number of nitrogens with two attached hydrogens (primary N) is 2. The highest BCUT2D eigenvalue weighted by Gasteiger charge is 2.44. The monoisotopic (exact) mass is 388 g/mol. The molecule has 1 saturated heterocycles. The number of aliphatic hydroxyl groups is 2. The van der Waals surface area contributed by atoms with Crippen LogP contribution in [0.2, 0.25) is 0 Å². The molecule has 1 aromatic rings. The summed E-state index contributed by atoms with van der Waals surface area (Å²) in [5.74, 6) is -1.36. The molecule has 1 aromatic heterocycles. The number of thioether (sulfide) groups is 1. The molecule has 1 amide bonds. The SMILES string of the molecule is NC(=O)CC[C@H](N)C(=O)OC[C@H]1S[C@@H](n2ccc(=O)[nH]c2=O)C(O)C1O. The second-order valence-corrected chi connectivity index (χ2v) is 7.17. The molecule has 5 atom stereocenters. The molecule has 11 nitrogen and oxygen atoms in total. The van der Waals surface area contributed by atoms with E-state index in [1.165, 1.54) is 6.20 Å². The molecule has 1 aliphatic heterocycles. The van der Waals surface area contributed by atoms with Crippen molar-refractivity contribution in [1.29, 1.82) is 0 Å². The Labute approximate surface area is 151 Å². The normalized spacial score (nSPS) is 26.4. The summed E-state index contributed by atoms with van der Waals surface area (Å²) in [5.41, 5.74) is 9.25. The third-order valence-corrected chi connectivity index (χ3v) is 5.41. The van der Waals surface area contributed by atoms with Crippen LogP contribution in [-0.4, -0.2) is 61.7 Å². The molecule has 7 N–H and O–H groups in total. The van der Waals surface area contributed by atoms with Gasteiger partial charge in [0, 0.05) is 18.7 Å². The highest BCUT2D eigenvalue weighted by atomic mass is 32.2. The van der Waals surface area contributed by atoms with Crippen LogP contribution in [-0.2, 0) is 14.3 Å². The lowest BCUT2D eigenvalue weighted by Gasteiger charge is -2.17. The second-order valence-electron chi connectivity index (χ2n) is 5.81. The molecule has 0 spiro atoms. The number of nitrogens with one attached hydrogen (secondary N) is 1. The topological polar surface area (TPSA) is 191 Å². The number of carbonyl (C=O) groups excluding carboxylic acids is 2. The van der Waals surface area contributed by atoms with Crippen LogP contribution in [0.3, 0.4) is 0 Å². The molecular weight excluding hydrogens is 368 g/mol. The Bertz CT molecular complexity index is 779. The van der Waals surface area contributed by atoms with Gasteiger partial charge in [0.2, 0.25) is 5.91 Å². The summed E-state index contributed by atoms with van der Waals surface area (Å²) in [5, 5.41) is 18.7. The van der Waals surface area contributed by atoms with Crippen molar-refractivity contribution in [2.24, 2.45) is 11.5 Å². The first-order valence-corrected chi connectivity index (χ1v) is 8.68. The molecule has 2 rings (SSSR count). The van der Waals surface area contributed by atoms with Crippen LogP contribution in [0.5, 0.6) is 0 Å². The number of aromatic nitrogens is 2. The molecule has 2 unspecified atom stereocenters. The number of esters is 1. The molecule has 0 aliphatic carbocycles. The van der Waals surface area contributed by atoms with E-state index in [-0.39, 0.29) is 19.4 Å². The van der Waals surface area contributed by atoms with E-state index in [2.05, 4.69) is 4.98 Å². The number of hydrogen-bond donors (Lipinski definition) is 5. The number of nitrogens with zero attached hydrogens (tertiary/aromatic N) is 1. The lowest BCUT2D eigenvalue weighted by atomic mass is 10.1. The highest BCUT2D eigenvalue weighted by Crippen LogP contribution is 2.41. The zero-order valence-electron chi connectivity index (χ0n) is 13.6. The molecule has 0 saturated carbocycles. The molecule has 0 bridgehead atoms. The number of rotatable bonds is 7. The van der Waals surface area contributed by atoms with E-state index in [0.29, 0.717) is 0 Å². The molecular formula is C14H20N4O7S. The second kappa shape index (κ2) is 8.49. The maximum atomic E-state index is 11.8. The fourth-order valence-electron chi connectivity index (χ4n) is 2.41. The number of aromatic amines is 1. The predicted octanol–water partition coefficient (Wildman–Crippen LogP) is -2.99. The van der Waals surface area contributed by atoms with Crippen molar-refractivity contribution < 1.29 is 24.5 Å². The molecule has 0 aromatic carbocycles. The summed E-state index contributed by atoms with van der Waals surface area (Å²) in [6, 6.07) is 0.0835. The van der Waals surface area contributed by atoms with E-state index in [1.807, 2.05) is 0 Å². The number of ether oxygens (including phenoxy) is 1. The Hall–Kier alpha value is -2.15. The van der Waals surface area contributed by atoms with Gasteiger partial charge in [-0.2, -0.15) is 0 Å². The van der Waals surface area contributed by atoms with E-state index in [9.17, 15) is 29.4 Å². The van der Waals surface area contributed by atoms with E-state index in [0.717, 1.165) is 22.4 Å². The molecule has 2 heterocycles. The van der Waals surface area contributed by atoms with Crippen molar-refractivity contribution in [1.82, 2.24) is 9.55 Å². The minimum atomic E-state index is -1.31. The quantitative estimate of drug-likeness (QED) is 0.303. The van der Waals surface area contributed by atoms with Crippen LogP contribution < -0.4 is 22.7 Å². The maximum Gasteiger partial charge on any atom is 0.329 e. The molecule has 12 heteroatoms. The van der Waals surface area contributed by atoms with Crippen LogP contribution in [0.1, 0.15) is 18.2 Å². The van der Waals surface area contributed by atoms with Gasteiger partial charge in [-0.3, -0.25) is 23.9 Å². The molecule has 0 radical (unpaired) electrons. The third-order valence-electron chi connectivity index (χ3n) is 3.86. The van der Waals surface area contributed by atoms with Crippen molar-refractivity contribution in [3.05, 3.63) is 33.1 Å². The summed E-state index contributed by atoms with van der Waals surface area (Å²) in [4.78, 5) is 47.5. The van der Waals surface area contributed by atoms with Crippen molar-refractivity contribution in [3.8, 4) is 0 Å². The van der Waals surface area contributed by atoms with Gasteiger partial charge in [-0.25, -0.2) is 4.79 Å². The first-order valence-electron chi connectivity index (χ1n) is 7.74. The van der Waals surface area contributed by atoms with Crippen LogP contribution in [0.4, 0.5) is 0 Å². The van der Waals surface area contributed by atoms with E-state index in [1.54, 1.807) is 0 Å². The number of carbonyl (C=O) groups is 2. The minimum Gasteiger partial charge on any atom is -0.463 e. The Kier molecular flexibility index (Phi) is 6.58. The van der Waals surface area contributed by atoms with Gasteiger partial charge in [-0.05, 0) is 6.42 Å². The average molecular weight is 388 g/mol. The summed E-state index contributed by atoms with van der Waals surface area (Å²) in [7, 11) is 0. The average Bonchev–Trinajstić information content (AvgIpc) is 2.85. The largest absolute Gasteiger partial charge is 0.463 e. The summed E-state index contributed by atoms with van der Waals surface area (Å²) < 4.78 is 6.10. The smallest absolute Gasteiger partial charge is 0.329 e. The fraction of sp³-hybridized carbons (Fsp3) is 0.571. The predicted molar refractivity (Wildman–Crippen MR) is 91.1 cm³/mol. The molecule has 26 heavy (non-hydrogen) atoms. The number of amides is 1. The van der Waals surface area contributed by atoms with Gasteiger partial charge in [0.15, 0.2) is 0 Å². The molecule has 144 valence electrons. The number of aliphatic hydroxyl groups excluding tert-OH is 2. The van der Waals surface area contributed by atoms with Crippen LogP contribution in [0.25, 0.3) is 0 Å². The van der Waals surface area contributed by atoms with E-state index >= 15 is 0 Å². The maximum absolute atomic E-state index is 11.8. The van der Waals surface area contributed by atoms with Gasteiger partial charge in [0.05, 0.1) is 11.4 Å². The Morgan fingerprint density at radius 1 is 1.35 bits per heavy atom. The highest BCUT2D eigenvalue weighted by molar-refractivity contribution is 8.00. The lowest BCUT2D eigenvalue weighted by molar-refractivity contribution is -0.146. The zero-order chi connectivity index (χ0) is 19.4. The van der Waals surface area contributed by atoms with Crippen molar-refractivity contribution >= 4 is 23.6 Å². The van der Waals surface area contributed by atoms with Gasteiger partial charge in [0.1, 0.15) is 24.1 Å². The number of hydrogen-bond acceptors (Lipinski definition) is 9. The van der Waals surface area contributed by atoms with Crippen LogP contribution in [0.15, 0.2) is 21.9 Å². The summed E-state index contributed by atoms with van der Waals surface area (Å²) in [6.07, 6.45) is -1.39. The van der Waals surface area contributed by atoms with E-state index in [4.69, 9.17) is 16.2 Å². The van der Waals surface area contributed by atoms with Crippen molar-refractivity contribution in [3.63, 3.8) is 0 Å². The van der Waals surface area contributed by atoms with Gasteiger partial charge in [-0.15, -0.1) is 11.8 Å². The number of primary amides is 1. The lowest BCUT2D eigenvalue weighted by Crippen LogP contribution is -2.39. The summed E-state index contributed by atoms with van der Waals surface area (Å²) in [6.45, 7) is -0.249. The first-order chi connectivity index (χ1) is 12.2. The number of H-pyrrole nitrogens is 1. The van der Waals surface area contributed by atoms with Crippen LogP contribution >= 0.6 is 11.8 Å². The van der Waals surface area contributed by atoms with Gasteiger partial charge in [-0.1, -0.05) is 0 Å². The van der Waals surface area contributed by atoms with Crippen molar-refractivity contribution in [2.75, 3.05) is 6.61 Å². The Morgan fingerprint density at radius 3 is 2.65 bits per heavy atom. The minimum absolute atomic E-state index is 0.0343. The summed E-state index contributed by atoms with van der Waals surface area (Å²) >= 11 is 1.02. The first kappa shape index (κ1) is 20.2. The third kappa shape index (κ3) is 4.72. The molecule has 1 aliphatic rings. The molecule has 1 fully saturated rings. The fourth-order valence-corrected chi connectivity index (χ4v) is 3.86. The van der Waals surface area contributed by atoms with E-state index < -0.39 is 52.0 Å². The van der Waals surface area contributed by atoms with Gasteiger partial charge >= 0.3 is 11.7 Å². The van der Waals surface area contributed by atoms with Crippen LogP contribution in [0, 0.1) is 0 Å².